The van der Waals surface area contributed by atoms with E-state index in [1.165, 1.54) is 12.5 Å². The van der Waals surface area contributed by atoms with Gasteiger partial charge in [-0.3, -0.25) is 9.59 Å². The van der Waals surface area contributed by atoms with E-state index in [1.54, 1.807) is 13.0 Å². The van der Waals surface area contributed by atoms with Crippen LogP contribution in [0.1, 0.15) is 56.3 Å². The largest absolute Gasteiger partial charge is 0.472 e. The Kier molecular flexibility index (Phi) is 3.87. The summed E-state index contributed by atoms with van der Waals surface area (Å²) in [6.45, 7) is 3.88. The van der Waals surface area contributed by atoms with Gasteiger partial charge in [-0.2, -0.15) is 0 Å². The van der Waals surface area contributed by atoms with Crippen molar-refractivity contribution in [3.05, 3.63) is 24.2 Å². The number of carbonyl (C=O) groups is 2. The monoisotopic (exact) mass is 362 g/mol. The summed E-state index contributed by atoms with van der Waals surface area (Å²) < 4.78 is 10.5. The summed E-state index contributed by atoms with van der Waals surface area (Å²) >= 11 is 0. The third-order valence-electron chi connectivity index (χ3n) is 7.74. The smallest absolute Gasteiger partial charge is 0.309 e. The average Bonchev–Trinajstić information content (AvgIpc) is 3.22. The second-order valence-electron chi connectivity index (χ2n) is 8.75. The number of fused-ring (bicyclic) bond motifs is 3. The number of aliphatic hydroxyl groups is 2. The molecule has 6 atom stereocenters. The van der Waals surface area contributed by atoms with Gasteiger partial charge in [0.1, 0.15) is 6.26 Å². The lowest BCUT2D eigenvalue weighted by molar-refractivity contribution is -0.232. The summed E-state index contributed by atoms with van der Waals surface area (Å²) in [5.74, 6) is -0.716. The Morgan fingerprint density at radius 1 is 1.31 bits per heavy atom. The summed E-state index contributed by atoms with van der Waals surface area (Å²) in [4.78, 5) is 25.3. The molecule has 2 heterocycles. The molecule has 0 amide bonds. The van der Waals surface area contributed by atoms with Crippen LogP contribution in [-0.2, 0) is 9.53 Å². The highest BCUT2D eigenvalue weighted by Crippen LogP contribution is 2.66. The molecule has 6 heteroatoms. The highest BCUT2D eigenvalue weighted by atomic mass is 16.5. The van der Waals surface area contributed by atoms with Gasteiger partial charge in [-0.25, -0.2) is 0 Å². The maximum Gasteiger partial charge on any atom is 0.309 e. The van der Waals surface area contributed by atoms with Crippen molar-refractivity contribution in [2.24, 2.45) is 22.7 Å². The standard InChI is InChI=1S/C20H26O6/c1-18-7-5-13-17(23)26-11-20(13,9-14(21)12-6-8-25-10-12)15(18)3-4-16(22)19(18,2)24/h6,8,10,13,15-16,22,24H,3-5,7,9,11H2,1-2H3. The Bertz CT molecular complexity index is 723. The van der Waals surface area contributed by atoms with E-state index in [-0.39, 0.29) is 36.6 Å². The molecule has 0 bridgehead atoms. The van der Waals surface area contributed by atoms with Crippen molar-refractivity contribution in [2.75, 3.05) is 6.61 Å². The first-order valence-electron chi connectivity index (χ1n) is 9.35. The molecule has 3 aliphatic rings. The number of ether oxygens (including phenoxy) is 1. The summed E-state index contributed by atoms with van der Waals surface area (Å²) in [7, 11) is 0. The molecule has 4 rings (SSSR count). The minimum atomic E-state index is -1.27. The lowest BCUT2D eigenvalue weighted by Crippen LogP contribution is -2.66. The van der Waals surface area contributed by atoms with Crippen LogP contribution in [0.5, 0.6) is 0 Å². The highest BCUT2D eigenvalue weighted by Gasteiger charge is 2.68. The SMILES string of the molecule is CC1(O)C(O)CCC2C3(CC(=O)c4ccoc4)COC(=O)C3CCC21C. The van der Waals surface area contributed by atoms with Crippen LogP contribution in [0, 0.1) is 22.7 Å². The van der Waals surface area contributed by atoms with E-state index < -0.39 is 22.5 Å². The van der Waals surface area contributed by atoms with Crippen molar-refractivity contribution in [2.45, 2.75) is 57.7 Å². The number of carbonyl (C=O) groups excluding carboxylic acids is 2. The number of hydrogen-bond acceptors (Lipinski definition) is 6. The Morgan fingerprint density at radius 3 is 2.77 bits per heavy atom. The number of furan rings is 1. The van der Waals surface area contributed by atoms with Crippen molar-refractivity contribution in [1.82, 2.24) is 0 Å². The molecule has 6 nitrogen and oxygen atoms in total. The van der Waals surface area contributed by atoms with E-state index in [2.05, 4.69) is 0 Å². The molecule has 1 aromatic rings. The molecular formula is C20H26O6. The fourth-order valence-electron chi connectivity index (χ4n) is 5.96. The van der Waals surface area contributed by atoms with Gasteiger partial charge in [0.25, 0.3) is 0 Å². The maximum absolute atomic E-state index is 12.9. The molecule has 1 saturated heterocycles. The first-order valence-corrected chi connectivity index (χ1v) is 9.35. The fourth-order valence-corrected chi connectivity index (χ4v) is 5.96. The minimum Gasteiger partial charge on any atom is -0.472 e. The number of Topliss-reactive ketones (excluding diaryl/α,β-unsaturated/α-hetero) is 1. The van der Waals surface area contributed by atoms with Gasteiger partial charge in [-0.1, -0.05) is 6.92 Å². The number of ketones is 1. The van der Waals surface area contributed by atoms with Gasteiger partial charge in [-0.15, -0.1) is 0 Å². The van der Waals surface area contributed by atoms with Gasteiger partial charge in [0.05, 0.1) is 36.1 Å². The molecule has 1 aliphatic heterocycles. The molecule has 3 fully saturated rings. The normalized spacial score (nSPS) is 44.9. The Hall–Kier alpha value is -1.66. The van der Waals surface area contributed by atoms with E-state index in [9.17, 15) is 19.8 Å². The predicted octanol–water partition coefficient (Wildman–Crippen LogP) is 2.33. The molecule has 1 aromatic heterocycles. The van der Waals surface area contributed by atoms with Gasteiger partial charge >= 0.3 is 5.97 Å². The number of esters is 1. The maximum atomic E-state index is 12.9. The summed E-state index contributed by atoms with van der Waals surface area (Å²) in [6, 6.07) is 1.63. The fraction of sp³-hybridized carbons (Fsp3) is 0.700. The van der Waals surface area contributed by atoms with E-state index in [0.717, 1.165) is 0 Å². The van der Waals surface area contributed by atoms with Gasteiger partial charge in [0.15, 0.2) is 5.78 Å². The molecule has 2 aliphatic carbocycles. The molecule has 0 spiro atoms. The zero-order chi connectivity index (χ0) is 18.7. The molecule has 26 heavy (non-hydrogen) atoms. The predicted molar refractivity (Wildman–Crippen MR) is 91.2 cm³/mol. The zero-order valence-electron chi connectivity index (χ0n) is 15.2. The van der Waals surface area contributed by atoms with Gasteiger partial charge in [0, 0.05) is 17.3 Å². The zero-order valence-corrected chi connectivity index (χ0v) is 15.2. The first kappa shape index (κ1) is 17.7. The summed E-state index contributed by atoms with van der Waals surface area (Å²) in [6.07, 6.45) is 4.58. The molecule has 0 aromatic carbocycles. The van der Waals surface area contributed by atoms with E-state index >= 15 is 0 Å². The average molecular weight is 362 g/mol. The molecule has 6 unspecified atom stereocenters. The van der Waals surface area contributed by atoms with Crippen LogP contribution in [0.2, 0.25) is 0 Å². The summed E-state index contributed by atoms with van der Waals surface area (Å²) in [5, 5.41) is 21.6. The second kappa shape index (κ2) is 5.67. The van der Waals surface area contributed by atoms with Crippen LogP contribution >= 0.6 is 0 Å². The lowest BCUT2D eigenvalue weighted by atomic mass is 9.43. The van der Waals surface area contributed by atoms with E-state index in [4.69, 9.17) is 9.15 Å². The van der Waals surface area contributed by atoms with Gasteiger partial charge < -0.3 is 19.4 Å². The Labute approximate surface area is 152 Å². The third-order valence-corrected chi connectivity index (χ3v) is 7.74. The topological polar surface area (TPSA) is 97.0 Å². The molecule has 142 valence electrons. The van der Waals surface area contributed by atoms with Crippen LogP contribution in [-0.4, -0.2) is 40.3 Å². The second-order valence-corrected chi connectivity index (χ2v) is 8.75. The first-order chi connectivity index (χ1) is 12.2. The molecule has 2 saturated carbocycles. The molecular weight excluding hydrogens is 336 g/mol. The van der Waals surface area contributed by atoms with E-state index in [0.29, 0.717) is 31.2 Å². The molecule has 0 radical (unpaired) electrons. The van der Waals surface area contributed by atoms with Gasteiger partial charge in [-0.05, 0) is 44.6 Å². The van der Waals surface area contributed by atoms with Crippen molar-refractivity contribution < 1.29 is 29.0 Å². The highest BCUT2D eigenvalue weighted by molar-refractivity contribution is 5.96. The number of hydrogen-bond donors (Lipinski definition) is 2. The van der Waals surface area contributed by atoms with Crippen molar-refractivity contribution in [1.29, 1.82) is 0 Å². The Balaban J connectivity index is 1.76. The lowest BCUT2D eigenvalue weighted by Gasteiger charge is -2.62. The van der Waals surface area contributed by atoms with Crippen LogP contribution in [0.25, 0.3) is 0 Å². The van der Waals surface area contributed by atoms with Crippen LogP contribution in [0.4, 0.5) is 0 Å². The van der Waals surface area contributed by atoms with Crippen molar-refractivity contribution in [3.63, 3.8) is 0 Å². The number of rotatable bonds is 3. The molecule has 2 N–H and O–H groups in total. The van der Waals surface area contributed by atoms with Crippen molar-refractivity contribution >= 4 is 11.8 Å². The van der Waals surface area contributed by atoms with Crippen LogP contribution in [0.3, 0.4) is 0 Å². The van der Waals surface area contributed by atoms with Gasteiger partial charge in [0.2, 0.25) is 0 Å². The summed E-state index contributed by atoms with van der Waals surface area (Å²) in [5.41, 5.74) is -1.99. The number of aliphatic hydroxyl groups excluding tert-OH is 1. The third kappa shape index (κ3) is 2.18. The van der Waals surface area contributed by atoms with Crippen LogP contribution in [0.15, 0.2) is 23.0 Å². The minimum absolute atomic E-state index is 0.0722. The Morgan fingerprint density at radius 2 is 2.08 bits per heavy atom. The van der Waals surface area contributed by atoms with E-state index in [1.807, 2.05) is 6.92 Å². The van der Waals surface area contributed by atoms with Crippen molar-refractivity contribution in [3.8, 4) is 0 Å². The van der Waals surface area contributed by atoms with Crippen LogP contribution < -0.4 is 0 Å². The quantitative estimate of drug-likeness (QED) is 0.633. The number of cyclic esters (lactones) is 1.